The number of rotatable bonds is 3. The highest BCUT2D eigenvalue weighted by Crippen LogP contribution is 2.37. The van der Waals surface area contributed by atoms with Gasteiger partial charge in [0, 0.05) is 24.2 Å². The van der Waals surface area contributed by atoms with Crippen LogP contribution in [0.2, 0.25) is 0 Å². The van der Waals surface area contributed by atoms with Gasteiger partial charge in [-0.3, -0.25) is 0 Å². The summed E-state index contributed by atoms with van der Waals surface area (Å²) in [6.07, 6.45) is 0. The minimum absolute atomic E-state index is 0.641. The van der Waals surface area contributed by atoms with Crippen LogP contribution in [0.4, 0.5) is 5.69 Å². The molecule has 0 atom stereocenters. The summed E-state index contributed by atoms with van der Waals surface area (Å²) >= 11 is 0. The number of benzene rings is 4. The average Bonchev–Trinajstić information content (AvgIpc) is 2.51. The van der Waals surface area contributed by atoms with Gasteiger partial charge in [0.2, 0.25) is 0 Å². The van der Waals surface area contributed by atoms with E-state index in [1.807, 2.05) is 0 Å². The zero-order chi connectivity index (χ0) is 13.5. The summed E-state index contributed by atoms with van der Waals surface area (Å²) in [7, 11) is 0. The molecule has 20 heavy (non-hydrogen) atoms. The Kier molecular flexibility index (Phi) is 2.51. The second-order valence-electron chi connectivity index (χ2n) is 5.18. The Labute approximate surface area is 117 Å². The number of hydrogen-bond acceptors (Lipinski definition) is 2. The first-order valence-corrected chi connectivity index (χ1v) is 6.99. The van der Waals surface area contributed by atoms with E-state index >= 15 is 0 Å². The van der Waals surface area contributed by atoms with E-state index in [9.17, 15) is 0 Å². The molecule has 0 aliphatic rings. The van der Waals surface area contributed by atoms with E-state index in [4.69, 9.17) is 5.73 Å². The van der Waals surface area contributed by atoms with Crippen molar-refractivity contribution in [2.24, 2.45) is 5.73 Å². The Morgan fingerprint density at radius 1 is 0.750 bits per heavy atom. The molecule has 0 saturated carbocycles. The van der Waals surface area contributed by atoms with Gasteiger partial charge in [-0.1, -0.05) is 48.5 Å². The molecule has 98 valence electrons. The first kappa shape index (κ1) is 11.5. The fourth-order valence-electron chi connectivity index (χ4n) is 3.10. The highest BCUT2D eigenvalue weighted by molar-refractivity contribution is 6.25. The predicted octanol–water partition coefficient (Wildman–Crippen LogP) is 3.95. The Morgan fingerprint density at radius 2 is 1.40 bits per heavy atom. The summed E-state index contributed by atoms with van der Waals surface area (Å²) in [6.45, 7) is 1.44. The molecule has 0 aromatic heterocycles. The minimum Gasteiger partial charge on any atom is -0.383 e. The molecule has 0 aliphatic heterocycles. The van der Waals surface area contributed by atoms with Crippen molar-refractivity contribution < 1.29 is 0 Å². The highest BCUT2D eigenvalue weighted by Gasteiger charge is 2.09. The average molecular weight is 260 g/mol. The second-order valence-corrected chi connectivity index (χ2v) is 5.18. The summed E-state index contributed by atoms with van der Waals surface area (Å²) in [5, 5.41) is 11.3. The fraction of sp³-hybridized carbons (Fsp3) is 0.111. The van der Waals surface area contributed by atoms with Crippen LogP contribution in [0.5, 0.6) is 0 Å². The Bertz CT molecular complexity index is 880. The van der Waals surface area contributed by atoms with Crippen molar-refractivity contribution in [3.05, 3.63) is 54.6 Å². The van der Waals surface area contributed by atoms with Crippen LogP contribution < -0.4 is 11.1 Å². The Balaban J connectivity index is 2.14. The summed E-state index contributed by atoms with van der Waals surface area (Å²) in [5.74, 6) is 0. The molecule has 4 aromatic rings. The van der Waals surface area contributed by atoms with Gasteiger partial charge >= 0.3 is 0 Å². The van der Waals surface area contributed by atoms with Crippen LogP contribution in [-0.2, 0) is 0 Å². The van der Waals surface area contributed by atoms with E-state index < -0.39 is 0 Å². The lowest BCUT2D eigenvalue weighted by Gasteiger charge is -2.14. The van der Waals surface area contributed by atoms with Gasteiger partial charge in [-0.2, -0.15) is 0 Å². The van der Waals surface area contributed by atoms with Crippen LogP contribution in [0.15, 0.2) is 54.6 Å². The summed E-state index contributed by atoms with van der Waals surface area (Å²) < 4.78 is 0. The third-order valence-electron chi connectivity index (χ3n) is 3.99. The lowest BCUT2D eigenvalue weighted by Crippen LogP contribution is -2.13. The third-order valence-corrected chi connectivity index (χ3v) is 3.99. The number of nitrogens with two attached hydrogens (primary N) is 1. The number of hydrogen-bond donors (Lipinski definition) is 2. The topological polar surface area (TPSA) is 38.0 Å². The zero-order valence-electron chi connectivity index (χ0n) is 11.2. The molecular formula is C18H16N2. The molecule has 0 amide bonds. The van der Waals surface area contributed by atoms with Crippen molar-refractivity contribution in [1.29, 1.82) is 0 Å². The zero-order valence-corrected chi connectivity index (χ0v) is 11.2. The molecule has 3 N–H and O–H groups in total. The van der Waals surface area contributed by atoms with Gasteiger partial charge in [0.25, 0.3) is 0 Å². The van der Waals surface area contributed by atoms with E-state index in [1.54, 1.807) is 0 Å². The third kappa shape index (κ3) is 1.55. The van der Waals surface area contributed by atoms with Crippen LogP contribution in [0.3, 0.4) is 0 Å². The van der Waals surface area contributed by atoms with E-state index in [0.29, 0.717) is 6.54 Å². The highest BCUT2D eigenvalue weighted by atomic mass is 14.9. The maximum Gasteiger partial charge on any atom is 0.0420 e. The molecule has 4 rings (SSSR count). The minimum atomic E-state index is 0.641. The lowest BCUT2D eigenvalue weighted by molar-refractivity contribution is 1.03. The van der Waals surface area contributed by atoms with E-state index in [1.165, 1.54) is 38.0 Å². The molecule has 2 heteroatoms. The standard InChI is InChI=1S/C18H16N2/c19-10-11-20-16-9-7-14-5-4-12-2-1-3-13-6-8-15(16)18(14)17(12)13/h1-9,20H,10-11,19H2. The molecule has 0 spiro atoms. The molecule has 0 radical (unpaired) electrons. The maximum absolute atomic E-state index is 5.60. The predicted molar refractivity (Wildman–Crippen MR) is 87.7 cm³/mol. The molecule has 4 aromatic carbocycles. The van der Waals surface area contributed by atoms with Crippen molar-refractivity contribution in [3.63, 3.8) is 0 Å². The van der Waals surface area contributed by atoms with Gasteiger partial charge in [0.15, 0.2) is 0 Å². The monoisotopic (exact) mass is 260 g/mol. The smallest absolute Gasteiger partial charge is 0.0420 e. The van der Waals surface area contributed by atoms with Gasteiger partial charge in [-0.15, -0.1) is 0 Å². The Morgan fingerprint density at radius 3 is 2.15 bits per heavy atom. The molecule has 2 nitrogen and oxygen atoms in total. The number of anilines is 1. The fourth-order valence-corrected chi connectivity index (χ4v) is 3.10. The maximum atomic E-state index is 5.60. The normalized spacial score (nSPS) is 11.7. The summed E-state index contributed by atoms with van der Waals surface area (Å²) in [5.41, 5.74) is 6.77. The SMILES string of the molecule is NCCNc1ccc2ccc3cccc4ccc1c2c34. The van der Waals surface area contributed by atoms with E-state index in [-0.39, 0.29) is 0 Å². The Hall–Kier alpha value is -2.32. The molecule has 0 aliphatic carbocycles. The largest absolute Gasteiger partial charge is 0.383 e. The van der Waals surface area contributed by atoms with Crippen molar-refractivity contribution >= 4 is 38.0 Å². The first-order chi connectivity index (χ1) is 9.88. The van der Waals surface area contributed by atoms with Crippen molar-refractivity contribution in [2.45, 2.75) is 0 Å². The first-order valence-electron chi connectivity index (χ1n) is 6.99. The molecule has 0 heterocycles. The molecule has 0 fully saturated rings. The second kappa shape index (κ2) is 4.36. The van der Waals surface area contributed by atoms with Gasteiger partial charge < -0.3 is 11.1 Å². The summed E-state index contributed by atoms with van der Waals surface area (Å²) in [4.78, 5) is 0. The summed E-state index contributed by atoms with van der Waals surface area (Å²) in [6, 6.07) is 19.6. The van der Waals surface area contributed by atoms with Crippen molar-refractivity contribution in [3.8, 4) is 0 Å². The quantitative estimate of drug-likeness (QED) is 0.547. The van der Waals surface area contributed by atoms with Crippen molar-refractivity contribution in [1.82, 2.24) is 0 Å². The molecular weight excluding hydrogens is 244 g/mol. The van der Waals surface area contributed by atoms with E-state index in [2.05, 4.69) is 59.9 Å². The van der Waals surface area contributed by atoms with Crippen LogP contribution in [0.1, 0.15) is 0 Å². The van der Waals surface area contributed by atoms with Crippen molar-refractivity contribution in [2.75, 3.05) is 18.4 Å². The van der Waals surface area contributed by atoms with Crippen LogP contribution in [-0.4, -0.2) is 13.1 Å². The van der Waals surface area contributed by atoms with Gasteiger partial charge in [0.05, 0.1) is 0 Å². The van der Waals surface area contributed by atoms with Crippen LogP contribution in [0, 0.1) is 0 Å². The van der Waals surface area contributed by atoms with Gasteiger partial charge in [-0.05, 0) is 33.0 Å². The van der Waals surface area contributed by atoms with Crippen LogP contribution >= 0.6 is 0 Å². The lowest BCUT2D eigenvalue weighted by atomic mass is 9.93. The van der Waals surface area contributed by atoms with Gasteiger partial charge in [0.1, 0.15) is 0 Å². The molecule has 0 saturated heterocycles. The number of nitrogens with one attached hydrogen (secondary N) is 1. The van der Waals surface area contributed by atoms with E-state index in [0.717, 1.165) is 6.54 Å². The molecule has 0 unspecified atom stereocenters. The van der Waals surface area contributed by atoms with Crippen LogP contribution in [0.25, 0.3) is 32.3 Å². The van der Waals surface area contributed by atoms with Gasteiger partial charge in [-0.25, -0.2) is 0 Å². The molecule has 0 bridgehead atoms.